The molecular formula is C23H36O6. The fourth-order valence-corrected chi connectivity index (χ4v) is 2.94. The molecule has 0 aliphatic rings. The number of carbonyl (C=O) groups excluding carboxylic acids is 2. The van der Waals surface area contributed by atoms with E-state index in [9.17, 15) is 9.59 Å². The Morgan fingerprint density at radius 1 is 0.759 bits per heavy atom. The van der Waals surface area contributed by atoms with Gasteiger partial charge in [-0.1, -0.05) is 51.5 Å². The van der Waals surface area contributed by atoms with Gasteiger partial charge in [0, 0.05) is 12.8 Å². The van der Waals surface area contributed by atoms with E-state index in [-0.39, 0.29) is 11.9 Å². The van der Waals surface area contributed by atoms with Crippen molar-refractivity contribution < 1.29 is 28.5 Å². The molecule has 0 amide bonds. The summed E-state index contributed by atoms with van der Waals surface area (Å²) in [5.41, 5.74) is 0. The van der Waals surface area contributed by atoms with Crippen LogP contribution in [0, 0.1) is 0 Å². The van der Waals surface area contributed by atoms with Crippen molar-refractivity contribution in [1.82, 2.24) is 0 Å². The molecule has 6 heteroatoms. The van der Waals surface area contributed by atoms with Crippen LogP contribution >= 0.6 is 0 Å². The lowest BCUT2D eigenvalue weighted by atomic mass is 10.1. The van der Waals surface area contributed by atoms with Gasteiger partial charge in [-0.15, -0.1) is 0 Å². The van der Waals surface area contributed by atoms with Crippen LogP contribution in [0.2, 0.25) is 0 Å². The highest BCUT2D eigenvalue weighted by atomic mass is 16.6. The molecule has 29 heavy (non-hydrogen) atoms. The maximum atomic E-state index is 12.1. The number of hydrogen-bond donors (Lipinski definition) is 0. The molecule has 0 saturated heterocycles. The predicted molar refractivity (Wildman–Crippen MR) is 113 cm³/mol. The first kappa shape index (κ1) is 24.8. The monoisotopic (exact) mass is 408 g/mol. The highest BCUT2D eigenvalue weighted by molar-refractivity contribution is 5.74. The van der Waals surface area contributed by atoms with Crippen LogP contribution in [0.1, 0.15) is 77.6 Å². The molecule has 164 valence electrons. The third kappa shape index (κ3) is 10.8. The molecule has 0 unspecified atom stereocenters. The molecule has 0 radical (unpaired) electrons. The fourth-order valence-electron chi connectivity index (χ4n) is 2.94. The summed E-state index contributed by atoms with van der Waals surface area (Å²) in [4.78, 5) is 23.7. The maximum absolute atomic E-state index is 12.1. The number of hydrogen-bond acceptors (Lipinski definition) is 6. The molecule has 0 spiro atoms. The van der Waals surface area contributed by atoms with Gasteiger partial charge in [-0.05, 0) is 31.4 Å². The Morgan fingerprint density at radius 3 is 1.86 bits per heavy atom. The Labute approximate surface area is 174 Å². The second-order valence-electron chi connectivity index (χ2n) is 7.01. The van der Waals surface area contributed by atoms with Crippen molar-refractivity contribution in [2.45, 2.75) is 77.6 Å². The lowest BCUT2D eigenvalue weighted by Crippen LogP contribution is -2.09. The number of benzene rings is 1. The smallest absolute Gasteiger partial charge is 0.311 e. The zero-order valence-electron chi connectivity index (χ0n) is 18.2. The molecule has 0 saturated carbocycles. The molecule has 6 nitrogen and oxygen atoms in total. The van der Waals surface area contributed by atoms with Gasteiger partial charge in [-0.25, -0.2) is 0 Å². The summed E-state index contributed by atoms with van der Waals surface area (Å²) in [6.07, 6.45) is 9.73. The van der Waals surface area contributed by atoms with Gasteiger partial charge < -0.3 is 18.9 Å². The molecule has 0 aliphatic carbocycles. The van der Waals surface area contributed by atoms with Gasteiger partial charge in [0.2, 0.25) is 5.75 Å². The van der Waals surface area contributed by atoms with E-state index in [1.807, 2.05) is 0 Å². The van der Waals surface area contributed by atoms with Crippen LogP contribution in [0.5, 0.6) is 17.2 Å². The standard InChI is InChI=1S/C23H36O6/c1-4-5-12-18-28-21(24)16-10-8-6-7-9-11-17-22(25)29-23-19(26-2)14-13-15-20(23)27-3/h13-15H,4-12,16-18H2,1-3H3. The van der Waals surface area contributed by atoms with Crippen molar-refractivity contribution in [1.29, 1.82) is 0 Å². The molecule has 0 heterocycles. The van der Waals surface area contributed by atoms with Crippen molar-refractivity contribution in [3.63, 3.8) is 0 Å². The van der Waals surface area contributed by atoms with Crippen molar-refractivity contribution in [3.05, 3.63) is 18.2 Å². The Bertz CT molecular complexity index is 577. The van der Waals surface area contributed by atoms with Gasteiger partial charge in [0.1, 0.15) is 0 Å². The SMILES string of the molecule is CCCCCOC(=O)CCCCCCCCC(=O)Oc1c(OC)cccc1OC. The minimum absolute atomic E-state index is 0.0874. The first-order valence-electron chi connectivity index (χ1n) is 10.7. The predicted octanol–water partition coefficient (Wildman–Crippen LogP) is 5.46. The van der Waals surface area contributed by atoms with E-state index < -0.39 is 0 Å². The Hall–Kier alpha value is -2.24. The zero-order valence-corrected chi connectivity index (χ0v) is 18.2. The van der Waals surface area contributed by atoms with Crippen molar-refractivity contribution in [3.8, 4) is 17.2 Å². The molecule has 1 rings (SSSR count). The number of para-hydroxylation sites is 1. The third-order valence-electron chi connectivity index (χ3n) is 4.62. The van der Waals surface area contributed by atoms with Crippen LogP contribution in [-0.2, 0) is 14.3 Å². The molecule has 1 aromatic carbocycles. The van der Waals surface area contributed by atoms with Crippen LogP contribution in [0.25, 0.3) is 0 Å². The van der Waals surface area contributed by atoms with Crippen LogP contribution in [0.4, 0.5) is 0 Å². The van der Waals surface area contributed by atoms with Gasteiger partial charge >= 0.3 is 11.9 Å². The topological polar surface area (TPSA) is 71.1 Å². The lowest BCUT2D eigenvalue weighted by Gasteiger charge is -2.12. The van der Waals surface area contributed by atoms with E-state index in [2.05, 4.69) is 6.92 Å². The molecule has 0 bridgehead atoms. The number of carbonyl (C=O) groups is 2. The first-order valence-corrected chi connectivity index (χ1v) is 10.7. The highest BCUT2D eigenvalue weighted by Crippen LogP contribution is 2.37. The van der Waals surface area contributed by atoms with E-state index in [1.54, 1.807) is 18.2 Å². The molecule has 0 aliphatic heterocycles. The molecule has 0 N–H and O–H groups in total. The summed E-state index contributed by atoms with van der Waals surface area (Å²) in [6.45, 7) is 2.67. The number of unbranched alkanes of at least 4 members (excludes halogenated alkanes) is 7. The summed E-state index contributed by atoms with van der Waals surface area (Å²) < 4.78 is 21.1. The summed E-state index contributed by atoms with van der Waals surface area (Å²) in [5.74, 6) is 0.890. The Kier molecular flexibility index (Phi) is 13.4. The normalized spacial score (nSPS) is 10.4. The lowest BCUT2D eigenvalue weighted by molar-refractivity contribution is -0.144. The van der Waals surface area contributed by atoms with E-state index in [1.165, 1.54) is 14.2 Å². The summed E-state index contributed by atoms with van der Waals surface area (Å²) in [6, 6.07) is 5.24. The molecule has 0 aromatic heterocycles. The molecule has 1 aromatic rings. The average Bonchev–Trinajstić information content (AvgIpc) is 2.73. The average molecular weight is 409 g/mol. The number of methoxy groups -OCH3 is 2. The summed E-state index contributed by atoms with van der Waals surface area (Å²) in [5, 5.41) is 0. The first-order chi connectivity index (χ1) is 14.1. The van der Waals surface area contributed by atoms with Crippen LogP contribution in [0.15, 0.2) is 18.2 Å². The number of esters is 2. The van der Waals surface area contributed by atoms with E-state index >= 15 is 0 Å². The van der Waals surface area contributed by atoms with Crippen LogP contribution in [-0.4, -0.2) is 32.8 Å². The van der Waals surface area contributed by atoms with Crippen LogP contribution in [0.3, 0.4) is 0 Å². The van der Waals surface area contributed by atoms with Crippen molar-refractivity contribution in [2.75, 3.05) is 20.8 Å². The van der Waals surface area contributed by atoms with Gasteiger partial charge in [0.25, 0.3) is 0 Å². The van der Waals surface area contributed by atoms with E-state index in [4.69, 9.17) is 18.9 Å². The Morgan fingerprint density at radius 2 is 1.31 bits per heavy atom. The molecule has 0 atom stereocenters. The second kappa shape index (κ2) is 15.7. The second-order valence-corrected chi connectivity index (χ2v) is 7.01. The van der Waals surface area contributed by atoms with Gasteiger partial charge in [0.15, 0.2) is 11.5 Å². The van der Waals surface area contributed by atoms with Crippen LogP contribution < -0.4 is 14.2 Å². The van der Waals surface area contributed by atoms with Gasteiger partial charge in [-0.3, -0.25) is 9.59 Å². The summed E-state index contributed by atoms with van der Waals surface area (Å²) in [7, 11) is 3.05. The van der Waals surface area contributed by atoms with Gasteiger partial charge in [0.05, 0.1) is 20.8 Å². The third-order valence-corrected chi connectivity index (χ3v) is 4.62. The zero-order chi connectivity index (χ0) is 21.3. The highest BCUT2D eigenvalue weighted by Gasteiger charge is 2.15. The van der Waals surface area contributed by atoms with E-state index in [0.29, 0.717) is 36.7 Å². The minimum atomic E-state index is -0.293. The minimum Gasteiger partial charge on any atom is -0.493 e. The van der Waals surface area contributed by atoms with Gasteiger partial charge in [-0.2, -0.15) is 0 Å². The number of rotatable bonds is 16. The number of ether oxygens (including phenoxy) is 4. The quantitative estimate of drug-likeness (QED) is 0.205. The van der Waals surface area contributed by atoms with Crippen molar-refractivity contribution in [2.24, 2.45) is 0 Å². The molecule has 0 fully saturated rings. The van der Waals surface area contributed by atoms with Crippen molar-refractivity contribution >= 4 is 11.9 Å². The fraction of sp³-hybridized carbons (Fsp3) is 0.652. The Balaban J connectivity index is 2.09. The van der Waals surface area contributed by atoms with E-state index in [0.717, 1.165) is 57.8 Å². The molecular weight excluding hydrogens is 372 g/mol. The largest absolute Gasteiger partial charge is 0.493 e. The maximum Gasteiger partial charge on any atom is 0.311 e. The summed E-state index contributed by atoms with van der Waals surface area (Å²) >= 11 is 0.